The molecule has 1 aliphatic rings. The summed E-state index contributed by atoms with van der Waals surface area (Å²) in [6.45, 7) is 7.54. The van der Waals surface area contributed by atoms with Crippen molar-refractivity contribution in [3.63, 3.8) is 0 Å². The molecule has 1 aromatic carbocycles. The molecule has 1 saturated heterocycles. The molecule has 0 bridgehead atoms. The molecule has 0 amide bonds. The first-order valence-electron chi connectivity index (χ1n) is 7.10. The fraction of sp³-hybridized carbons (Fsp3) is 0.600. The van der Waals surface area contributed by atoms with E-state index in [9.17, 15) is 8.42 Å². The van der Waals surface area contributed by atoms with Crippen LogP contribution in [0.2, 0.25) is 0 Å². The first-order valence-corrected chi connectivity index (χ1v) is 8.59. The van der Waals surface area contributed by atoms with Gasteiger partial charge in [-0.1, -0.05) is 32.9 Å². The van der Waals surface area contributed by atoms with Crippen molar-refractivity contribution in [3.05, 3.63) is 29.8 Å². The minimum absolute atomic E-state index is 0.00619. The highest BCUT2D eigenvalue weighted by molar-refractivity contribution is 7.89. The van der Waals surface area contributed by atoms with Gasteiger partial charge in [0.2, 0.25) is 10.0 Å². The van der Waals surface area contributed by atoms with E-state index in [2.05, 4.69) is 30.8 Å². The molecular weight excluding hydrogens is 288 g/mol. The van der Waals surface area contributed by atoms with E-state index < -0.39 is 10.0 Å². The van der Waals surface area contributed by atoms with Crippen molar-refractivity contribution in [2.45, 2.75) is 43.2 Å². The Hall–Kier alpha value is -0.950. The molecule has 6 heteroatoms. The summed E-state index contributed by atoms with van der Waals surface area (Å²) in [5.74, 6) is 0. The highest BCUT2D eigenvalue weighted by atomic mass is 32.2. The summed E-state index contributed by atoms with van der Waals surface area (Å²) in [7, 11) is -1.92. The number of nitrogens with one attached hydrogen (secondary N) is 2. The van der Waals surface area contributed by atoms with Gasteiger partial charge < -0.3 is 10.1 Å². The largest absolute Gasteiger partial charge is 0.378 e. The summed E-state index contributed by atoms with van der Waals surface area (Å²) >= 11 is 0. The zero-order valence-corrected chi connectivity index (χ0v) is 13.8. The first-order chi connectivity index (χ1) is 9.74. The number of hydrogen-bond acceptors (Lipinski definition) is 4. The van der Waals surface area contributed by atoms with Crippen LogP contribution in [-0.2, 0) is 20.2 Å². The lowest BCUT2D eigenvalue weighted by molar-refractivity contribution is 0.103. The lowest BCUT2D eigenvalue weighted by atomic mass is 9.87. The molecule has 2 rings (SSSR count). The molecule has 0 spiro atoms. The Morgan fingerprint density at radius 1 is 1.19 bits per heavy atom. The van der Waals surface area contributed by atoms with Gasteiger partial charge in [-0.3, -0.25) is 0 Å². The maximum atomic E-state index is 12.4. The minimum Gasteiger partial charge on any atom is -0.378 e. The fourth-order valence-corrected chi connectivity index (χ4v) is 3.69. The van der Waals surface area contributed by atoms with Gasteiger partial charge in [0.25, 0.3) is 0 Å². The monoisotopic (exact) mass is 312 g/mol. The van der Waals surface area contributed by atoms with Gasteiger partial charge in [0, 0.05) is 20.2 Å². The topological polar surface area (TPSA) is 67.4 Å². The molecule has 21 heavy (non-hydrogen) atoms. The highest BCUT2D eigenvalue weighted by Crippen LogP contribution is 2.23. The van der Waals surface area contributed by atoms with Crippen molar-refractivity contribution < 1.29 is 13.2 Å². The molecule has 1 aliphatic heterocycles. The van der Waals surface area contributed by atoms with Gasteiger partial charge in [0.15, 0.2) is 0 Å². The van der Waals surface area contributed by atoms with Crippen molar-refractivity contribution >= 4 is 10.0 Å². The Labute approximate surface area is 127 Å². The van der Waals surface area contributed by atoms with E-state index in [-0.39, 0.29) is 22.5 Å². The zero-order valence-electron chi connectivity index (χ0n) is 13.0. The smallest absolute Gasteiger partial charge is 0.240 e. The summed E-state index contributed by atoms with van der Waals surface area (Å²) < 4.78 is 32.8. The van der Waals surface area contributed by atoms with Crippen LogP contribution in [-0.4, -0.2) is 40.8 Å². The van der Waals surface area contributed by atoms with Crippen LogP contribution in [0.4, 0.5) is 0 Å². The van der Waals surface area contributed by atoms with Crippen molar-refractivity contribution in [3.8, 4) is 0 Å². The predicted molar refractivity (Wildman–Crippen MR) is 82.9 cm³/mol. The summed E-state index contributed by atoms with van der Waals surface area (Å²) in [5, 5.41) is 3.12. The number of rotatable bonds is 4. The average Bonchev–Trinajstić information content (AvgIpc) is 2.84. The molecule has 118 valence electrons. The van der Waals surface area contributed by atoms with Gasteiger partial charge in [0.1, 0.15) is 0 Å². The van der Waals surface area contributed by atoms with Crippen molar-refractivity contribution in [2.75, 3.05) is 20.2 Å². The molecular formula is C15H24N2O3S. The minimum atomic E-state index is -3.52. The first kappa shape index (κ1) is 16.4. The Bertz CT molecular complexity index is 576. The number of sulfonamides is 1. The summed E-state index contributed by atoms with van der Waals surface area (Å²) in [5.41, 5.74) is 1.12. The van der Waals surface area contributed by atoms with Crippen LogP contribution in [0.1, 0.15) is 26.3 Å². The number of benzene rings is 1. The van der Waals surface area contributed by atoms with Gasteiger partial charge in [0.05, 0.1) is 17.0 Å². The average molecular weight is 312 g/mol. The van der Waals surface area contributed by atoms with E-state index in [0.717, 1.165) is 5.56 Å². The molecule has 0 aromatic heterocycles. The second kappa shape index (κ2) is 6.04. The Morgan fingerprint density at radius 2 is 1.81 bits per heavy atom. The van der Waals surface area contributed by atoms with Gasteiger partial charge in [-0.25, -0.2) is 13.1 Å². The normalized spacial score (nSPS) is 23.4. The fourth-order valence-electron chi connectivity index (χ4n) is 2.42. The molecule has 1 aromatic rings. The van der Waals surface area contributed by atoms with E-state index in [4.69, 9.17) is 4.74 Å². The van der Waals surface area contributed by atoms with E-state index in [1.165, 1.54) is 0 Å². The quantitative estimate of drug-likeness (QED) is 0.878. The Morgan fingerprint density at radius 3 is 2.33 bits per heavy atom. The second-order valence-electron chi connectivity index (χ2n) is 6.43. The van der Waals surface area contributed by atoms with Crippen molar-refractivity contribution in [1.82, 2.24) is 10.0 Å². The molecule has 5 nitrogen and oxygen atoms in total. The SMILES string of the molecule is COC1CNCC1NS(=O)(=O)c1ccc(C(C)(C)C)cc1. The molecule has 0 aliphatic carbocycles. The van der Waals surface area contributed by atoms with Gasteiger partial charge in [-0.2, -0.15) is 0 Å². The third-order valence-corrected chi connectivity index (χ3v) is 5.30. The van der Waals surface area contributed by atoms with Crippen LogP contribution in [0, 0.1) is 0 Å². The van der Waals surface area contributed by atoms with Crippen LogP contribution >= 0.6 is 0 Å². The third-order valence-electron chi connectivity index (χ3n) is 3.80. The molecule has 2 unspecified atom stereocenters. The van der Waals surface area contributed by atoms with Crippen molar-refractivity contribution in [2.24, 2.45) is 0 Å². The molecule has 0 radical (unpaired) electrons. The zero-order chi connectivity index (χ0) is 15.7. The summed E-state index contributed by atoms with van der Waals surface area (Å²) in [4.78, 5) is 0.289. The van der Waals surface area contributed by atoms with Crippen LogP contribution in [0.25, 0.3) is 0 Å². The van der Waals surface area contributed by atoms with E-state index >= 15 is 0 Å². The maximum absolute atomic E-state index is 12.4. The van der Waals surface area contributed by atoms with Gasteiger partial charge in [-0.05, 0) is 23.1 Å². The van der Waals surface area contributed by atoms with E-state index in [1.54, 1.807) is 19.2 Å². The van der Waals surface area contributed by atoms with Gasteiger partial charge >= 0.3 is 0 Å². The standard InChI is InChI=1S/C15H24N2O3S/c1-15(2,3)11-5-7-12(8-6-11)21(18,19)17-13-9-16-10-14(13)20-4/h5-8,13-14,16-17H,9-10H2,1-4H3. The maximum Gasteiger partial charge on any atom is 0.240 e. The molecule has 2 atom stereocenters. The highest BCUT2D eigenvalue weighted by Gasteiger charge is 2.31. The molecule has 2 N–H and O–H groups in total. The van der Waals surface area contributed by atoms with Crippen molar-refractivity contribution in [1.29, 1.82) is 0 Å². The Balaban J connectivity index is 2.16. The van der Waals surface area contributed by atoms with E-state index in [0.29, 0.717) is 13.1 Å². The van der Waals surface area contributed by atoms with Crippen LogP contribution in [0.15, 0.2) is 29.2 Å². The van der Waals surface area contributed by atoms with Crippen LogP contribution in [0.3, 0.4) is 0 Å². The summed E-state index contributed by atoms with van der Waals surface area (Å²) in [6, 6.07) is 6.83. The van der Waals surface area contributed by atoms with Crippen LogP contribution < -0.4 is 10.0 Å². The molecule has 0 saturated carbocycles. The molecule has 1 heterocycles. The number of ether oxygens (including phenoxy) is 1. The Kier molecular flexibility index (Phi) is 4.72. The third kappa shape index (κ3) is 3.83. The summed E-state index contributed by atoms with van der Waals surface area (Å²) in [6.07, 6.45) is -0.131. The molecule has 1 fully saturated rings. The number of hydrogen-bond donors (Lipinski definition) is 2. The number of methoxy groups -OCH3 is 1. The lowest BCUT2D eigenvalue weighted by Crippen LogP contribution is -2.43. The van der Waals surface area contributed by atoms with Gasteiger partial charge in [-0.15, -0.1) is 0 Å². The lowest BCUT2D eigenvalue weighted by Gasteiger charge is -2.20. The second-order valence-corrected chi connectivity index (χ2v) is 8.15. The van der Waals surface area contributed by atoms with E-state index in [1.807, 2.05) is 12.1 Å². The van der Waals surface area contributed by atoms with Crippen LogP contribution in [0.5, 0.6) is 0 Å². The predicted octanol–water partition coefficient (Wildman–Crippen LogP) is 1.25.